The molecule has 0 aliphatic carbocycles. The number of nitrogens with one attached hydrogen (secondary N) is 1. The Morgan fingerprint density at radius 3 is 2.48 bits per heavy atom. The normalized spacial score (nSPS) is 11.1. The second-order valence-corrected chi connectivity index (χ2v) is 6.17. The van der Waals surface area contributed by atoms with Crippen molar-refractivity contribution in [1.82, 2.24) is 0 Å². The topological polar surface area (TPSA) is 81.4 Å². The molecular weight excluding hydrogens is 295 g/mol. The van der Waals surface area contributed by atoms with Crippen molar-refractivity contribution < 1.29 is 17.5 Å². The van der Waals surface area contributed by atoms with Crippen molar-refractivity contribution in [1.29, 1.82) is 0 Å². The molecule has 21 heavy (non-hydrogen) atoms. The smallest absolute Gasteiger partial charge is 0.237 e. The molecule has 0 fully saturated rings. The lowest BCUT2D eigenvalue weighted by molar-refractivity contribution is 0.417. The molecule has 0 heterocycles. The zero-order chi connectivity index (χ0) is 15.5. The highest BCUT2D eigenvalue weighted by molar-refractivity contribution is 7.91. The molecule has 0 amide bonds. The minimum atomic E-state index is -3.66. The van der Waals surface area contributed by atoms with E-state index in [1.807, 2.05) is 0 Å². The molecule has 0 spiro atoms. The lowest BCUT2D eigenvalue weighted by Gasteiger charge is -2.12. The van der Waals surface area contributed by atoms with Crippen LogP contribution >= 0.6 is 0 Å². The lowest BCUT2D eigenvalue weighted by Crippen LogP contribution is -2.15. The maximum absolute atomic E-state index is 12.8. The lowest BCUT2D eigenvalue weighted by atomic mass is 10.2. The van der Waals surface area contributed by atoms with Gasteiger partial charge in [-0.1, -0.05) is 12.1 Å². The van der Waals surface area contributed by atoms with E-state index in [0.29, 0.717) is 17.0 Å². The van der Waals surface area contributed by atoms with Crippen molar-refractivity contribution in [3.8, 4) is 5.75 Å². The fraction of sp³-hybridized carbons (Fsp3) is 0.143. The number of anilines is 2. The van der Waals surface area contributed by atoms with E-state index < -0.39 is 15.8 Å². The SMILES string of the molecule is COc1ccc(N)cc1NS(=O)(=O)Cc1ccc(F)cc1. The van der Waals surface area contributed by atoms with Gasteiger partial charge in [0.1, 0.15) is 11.6 Å². The number of nitrogen functional groups attached to an aromatic ring is 1. The Bertz CT molecular complexity index is 730. The fourth-order valence-electron chi connectivity index (χ4n) is 1.81. The van der Waals surface area contributed by atoms with Crippen LogP contribution in [0.25, 0.3) is 0 Å². The van der Waals surface area contributed by atoms with Gasteiger partial charge < -0.3 is 10.5 Å². The monoisotopic (exact) mass is 310 g/mol. The number of rotatable bonds is 5. The molecule has 112 valence electrons. The van der Waals surface area contributed by atoms with Crippen LogP contribution in [0.5, 0.6) is 5.75 Å². The maximum atomic E-state index is 12.8. The number of ether oxygens (including phenoxy) is 1. The van der Waals surface area contributed by atoms with Crippen LogP contribution in [0.15, 0.2) is 42.5 Å². The molecule has 2 aromatic carbocycles. The quantitative estimate of drug-likeness (QED) is 0.831. The van der Waals surface area contributed by atoms with Crippen LogP contribution in [0.3, 0.4) is 0 Å². The minimum Gasteiger partial charge on any atom is -0.495 e. The summed E-state index contributed by atoms with van der Waals surface area (Å²) < 4.78 is 44.6. The average Bonchev–Trinajstić information content (AvgIpc) is 2.41. The molecule has 3 N–H and O–H groups in total. The van der Waals surface area contributed by atoms with Gasteiger partial charge in [0, 0.05) is 5.69 Å². The molecule has 0 aliphatic heterocycles. The molecule has 0 radical (unpaired) electrons. The highest BCUT2D eigenvalue weighted by atomic mass is 32.2. The molecule has 2 rings (SSSR count). The largest absolute Gasteiger partial charge is 0.495 e. The van der Waals surface area contributed by atoms with Gasteiger partial charge in [0.2, 0.25) is 10.0 Å². The third-order valence-electron chi connectivity index (χ3n) is 2.76. The number of hydrogen-bond acceptors (Lipinski definition) is 4. The number of sulfonamides is 1. The van der Waals surface area contributed by atoms with Gasteiger partial charge in [-0.3, -0.25) is 4.72 Å². The summed E-state index contributed by atoms with van der Waals surface area (Å²) in [7, 11) is -2.22. The molecule has 0 aliphatic rings. The van der Waals surface area contributed by atoms with E-state index in [2.05, 4.69) is 4.72 Å². The zero-order valence-electron chi connectivity index (χ0n) is 11.3. The molecule has 0 saturated heterocycles. The van der Waals surface area contributed by atoms with E-state index in [4.69, 9.17) is 10.5 Å². The summed E-state index contributed by atoms with van der Waals surface area (Å²) in [6.07, 6.45) is 0. The molecule has 0 atom stereocenters. The first-order valence-electron chi connectivity index (χ1n) is 6.08. The highest BCUT2D eigenvalue weighted by Crippen LogP contribution is 2.28. The van der Waals surface area contributed by atoms with E-state index in [-0.39, 0.29) is 11.4 Å². The molecule has 5 nitrogen and oxygen atoms in total. The van der Waals surface area contributed by atoms with Crippen molar-refractivity contribution in [2.45, 2.75) is 5.75 Å². The predicted molar refractivity (Wildman–Crippen MR) is 80.1 cm³/mol. The summed E-state index contributed by atoms with van der Waals surface area (Å²) in [6, 6.07) is 9.93. The van der Waals surface area contributed by atoms with Gasteiger partial charge in [0.05, 0.1) is 18.6 Å². The van der Waals surface area contributed by atoms with Gasteiger partial charge in [-0.25, -0.2) is 12.8 Å². The molecule has 2 aromatic rings. The highest BCUT2D eigenvalue weighted by Gasteiger charge is 2.15. The second kappa shape index (κ2) is 6.01. The van der Waals surface area contributed by atoms with Gasteiger partial charge in [-0.15, -0.1) is 0 Å². The molecule has 0 saturated carbocycles. The van der Waals surface area contributed by atoms with Crippen LogP contribution in [-0.4, -0.2) is 15.5 Å². The maximum Gasteiger partial charge on any atom is 0.237 e. The summed E-state index contributed by atoms with van der Waals surface area (Å²) in [5.41, 5.74) is 6.79. The van der Waals surface area contributed by atoms with Crippen molar-refractivity contribution in [3.63, 3.8) is 0 Å². The van der Waals surface area contributed by atoms with Gasteiger partial charge in [0.15, 0.2) is 0 Å². The summed E-state index contributed by atoms with van der Waals surface area (Å²) in [6.45, 7) is 0. The number of hydrogen-bond donors (Lipinski definition) is 2. The van der Waals surface area contributed by atoms with Crippen LogP contribution in [0.1, 0.15) is 5.56 Å². The van der Waals surface area contributed by atoms with Crippen LogP contribution in [-0.2, 0) is 15.8 Å². The summed E-state index contributed by atoms with van der Waals surface area (Å²) in [5, 5.41) is 0. The second-order valence-electron chi connectivity index (χ2n) is 4.45. The Morgan fingerprint density at radius 1 is 1.19 bits per heavy atom. The third-order valence-corrected chi connectivity index (χ3v) is 4.00. The Labute approximate surface area is 122 Å². The first kappa shape index (κ1) is 15.1. The van der Waals surface area contributed by atoms with Crippen LogP contribution in [0, 0.1) is 5.82 Å². The van der Waals surface area contributed by atoms with Crippen molar-refractivity contribution in [3.05, 3.63) is 53.8 Å². The van der Waals surface area contributed by atoms with E-state index in [0.717, 1.165) is 0 Å². The molecule has 0 bridgehead atoms. The predicted octanol–water partition coefficient (Wildman–Crippen LogP) is 2.36. The zero-order valence-corrected chi connectivity index (χ0v) is 12.2. The van der Waals surface area contributed by atoms with Crippen LogP contribution in [0.2, 0.25) is 0 Å². The number of nitrogens with two attached hydrogens (primary N) is 1. The van der Waals surface area contributed by atoms with E-state index >= 15 is 0 Å². The first-order valence-corrected chi connectivity index (χ1v) is 7.73. The minimum absolute atomic E-state index is 0.264. The molecule has 7 heteroatoms. The standard InChI is InChI=1S/C14H15FN2O3S/c1-20-14-7-6-12(16)8-13(14)17-21(18,19)9-10-2-4-11(15)5-3-10/h2-8,17H,9,16H2,1H3. The van der Waals surface area contributed by atoms with Crippen molar-refractivity contribution >= 4 is 21.4 Å². The molecule has 0 aromatic heterocycles. The number of methoxy groups -OCH3 is 1. The Kier molecular flexibility index (Phi) is 4.32. The summed E-state index contributed by atoms with van der Waals surface area (Å²) in [5.74, 6) is -0.320. The van der Waals surface area contributed by atoms with Crippen molar-refractivity contribution in [2.75, 3.05) is 17.6 Å². The van der Waals surface area contributed by atoms with Gasteiger partial charge >= 0.3 is 0 Å². The summed E-state index contributed by atoms with van der Waals surface area (Å²) in [4.78, 5) is 0. The Balaban J connectivity index is 2.21. The Morgan fingerprint density at radius 2 is 1.86 bits per heavy atom. The molecule has 0 unspecified atom stereocenters. The van der Waals surface area contributed by atoms with E-state index in [1.54, 1.807) is 12.1 Å². The van der Waals surface area contributed by atoms with Gasteiger partial charge in [0.25, 0.3) is 0 Å². The number of halogens is 1. The summed E-state index contributed by atoms with van der Waals surface area (Å²) >= 11 is 0. The number of benzene rings is 2. The third kappa shape index (κ3) is 4.09. The van der Waals surface area contributed by atoms with E-state index in [9.17, 15) is 12.8 Å². The van der Waals surface area contributed by atoms with Gasteiger partial charge in [-0.05, 0) is 35.9 Å². The average molecular weight is 310 g/mol. The van der Waals surface area contributed by atoms with Crippen LogP contribution < -0.4 is 15.2 Å². The fourth-order valence-corrected chi connectivity index (χ4v) is 3.01. The Hall–Kier alpha value is -2.28. The van der Waals surface area contributed by atoms with Crippen LogP contribution in [0.4, 0.5) is 15.8 Å². The van der Waals surface area contributed by atoms with Crippen molar-refractivity contribution in [2.24, 2.45) is 0 Å². The molecular formula is C14H15FN2O3S. The van der Waals surface area contributed by atoms with Gasteiger partial charge in [-0.2, -0.15) is 0 Å². The first-order chi connectivity index (χ1) is 9.89. The van der Waals surface area contributed by atoms with E-state index in [1.165, 1.54) is 37.4 Å².